The van der Waals surface area contributed by atoms with Gasteiger partial charge in [-0.3, -0.25) is 0 Å². The van der Waals surface area contributed by atoms with Crippen LogP contribution in [0, 0.1) is 17.7 Å². The third kappa shape index (κ3) is 3.80. The Bertz CT molecular complexity index is 679. The Morgan fingerprint density at radius 3 is 2.86 bits per heavy atom. The highest BCUT2D eigenvalue weighted by Crippen LogP contribution is 2.19. The van der Waals surface area contributed by atoms with E-state index < -0.39 is 15.8 Å². The molecule has 0 spiro atoms. The van der Waals surface area contributed by atoms with Crippen LogP contribution in [0.4, 0.5) is 4.39 Å². The van der Waals surface area contributed by atoms with Gasteiger partial charge in [0.25, 0.3) is 0 Å². The van der Waals surface area contributed by atoms with Gasteiger partial charge in [0, 0.05) is 12.2 Å². The van der Waals surface area contributed by atoms with Crippen molar-refractivity contribution < 1.29 is 17.5 Å². The van der Waals surface area contributed by atoms with E-state index in [0.29, 0.717) is 18.6 Å². The Labute approximate surface area is 123 Å². The Balaban J connectivity index is 2.24. The zero-order valence-corrected chi connectivity index (χ0v) is 12.4. The number of nitrogens with one attached hydrogen (secondary N) is 1. The average molecular weight is 312 g/mol. The molecule has 1 fully saturated rings. The summed E-state index contributed by atoms with van der Waals surface area (Å²) in [5, 5.41) is 0. The van der Waals surface area contributed by atoms with E-state index >= 15 is 0 Å². The first-order chi connectivity index (χ1) is 9.94. The minimum atomic E-state index is -3.92. The van der Waals surface area contributed by atoms with Gasteiger partial charge < -0.3 is 10.5 Å². The predicted octanol–water partition coefficient (Wildman–Crippen LogP) is 0.592. The van der Waals surface area contributed by atoms with Gasteiger partial charge in [-0.15, -0.1) is 0 Å². The first kappa shape index (κ1) is 15.9. The third-order valence-corrected chi connectivity index (χ3v) is 4.76. The van der Waals surface area contributed by atoms with Crippen molar-refractivity contribution in [2.45, 2.75) is 30.4 Å². The molecule has 1 aromatic carbocycles. The number of sulfonamides is 1. The summed E-state index contributed by atoms with van der Waals surface area (Å²) in [7, 11) is -3.92. The topological polar surface area (TPSA) is 81.4 Å². The van der Waals surface area contributed by atoms with Gasteiger partial charge in [-0.2, -0.15) is 0 Å². The largest absolute Gasteiger partial charge is 0.377 e. The quantitative estimate of drug-likeness (QED) is 0.801. The smallest absolute Gasteiger partial charge is 0.243 e. The van der Waals surface area contributed by atoms with E-state index in [1.165, 1.54) is 12.1 Å². The fraction of sp³-hybridized carbons (Fsp3) is 0.429. The van der Waals surface area contributed by atoms with Crippen LogP contribution in [0.25, 0.3) is 0 Å². The molecule has 7 heteroatoms. The third-order valence-electron chi connectivity index (χ3n) is 3.24. The van der Waals surface area contributed by atoms with Crippen LogP contribution in [0.2, 0.25) is 0 Å². The first-order valence-corrected chi connectivity index (χ1v) is 8.05. The summed E-state index contributed by atoms with van der Waals surface area (Å²) in [6.07, 6.45) is 0.347. The van der Waals surface area contributed by atoms with Crippen LogP contribution in [-0.4, -0.2) is 33.7 Å². The molecular weight excluding hydrogens is 295 g/mol. The highest BCUT2D eigenvalue weighted by Gasteiger charge is 2.30. The van der Waals surface area contributed by atoms with E-state index in [4.69, 9.17) is 10.5 Å². The van der Waals surface area contributed by atoms with Crippen LogP contribution in [0.1, 0.15) is 18.9 Å². The molecule has 3 N–H and O–H groups in total. The minimum absolute atomic E-state index is 0.156. The molecule has 0 radical (unpaired) electrons. The molecule has 0 saturated carbocycles. The van der Waals surface area contributed by atoms with E-state index in [1.807, 2.05) is 0 Å². The molecule has 2 atom stereocenters. The maximum Gasteiger partial charge on any atom is 0.243 e. The summed E-state index contributed by atoms with van der Waals surface area (Å²) in [6.45, 7) is 2.43. The van der Waals surface area contributed by atoms with Crippen LogP contribution in [0.3, 0.4) is 0 Å². The standard InChI is InChI=1S/C14H17FN2O3S/c1-10-13(6-8-20-10)17-21(18,19)14-5-4-11(3-2-7-16)9-12(14)15/h4-5,9-10,13,17H,6-8,16H2,1H3. The predicted molar refractivity (Wildman–Crippen MR) is 76.5 cm³/mol. The number of ether oxygens (including phenoxy) is 1. The Morgan fingerprint density at radius 2 is 2.29 bits per heavy atom. The van der Waals surface area contributed by atoms with Crippen molar-refractivity contribution >= 4 is 10.0 Å². The summed E-state index contributed by atoms with van der Waals surface area (Å²) in [5.41, 5.74) is 5.62. The van der Waals surface area contributed by atoms with Gasteiger partial charge in [-0.1, -0.05) is 11.8 Å². The van der Waals surface area contributed by atoms with Crippen molar-refractivity contribution in [2.24, 2.45) is 5.73 Å². The molecule has 0 amide bonds. The lowest BCUT2D eigenvalue weighted by Crippen LogP contribution is -2.39. The maximum atomic E-state index is 14.0. The average Bonchev–Trinajstić information content (AvgIpc) is 2.81. The van der Waals surface area contributed by atoms with Crippen LogP contribution in [0.15, 0.2) is 23.1 Å². The Hall–Kier alpha value is -1.46. The van der Waals surface area contributed by atoms with Gasteiger partial charge in [0.1, 0.15) is 10.7 Å². The van der Waals surface area contributed by atoms with Gasteiger partial charge in [0.15, 0.2) is 0 Å². The Morgan fingerprint density at radius 1 is 1.52 bits per heavy atom. The summed E-state index contributed by atoms with van der Waals surface area (Å²) >= 11 is 0. The molecule has 21 heavy (non-hydrogen) atoms. The molecule has 0 bridgehead atoms. The summed E-state index contributed by atoms with van der Waals surface area (Å²) in [6, 6.07) is 3.41. The number of hydrogen-bond acceptors (Lipinski definition) is 4. The van der Waals surface area contributed by atoms with Crippen LogP contribution in [-0.2, 0) is 14.8 Å². The van der Waals surface area contributed by atoms with Crippen LogP contribution < -0.4 is 10.5 Å². The molecule has 1 aromatic rings. The Kier molecular flexibility index (Phi) is 4.96. The number of hydrogen-bond donors (Lipinski definition) is 2. The number of rotatable bonds is 3. The van der Waals surface area contributed by atoms with Crippen molar-refractivity contribution in [1.82, 2.24) is 4.72 Å². The lowest BCUT2D eigenvalue weighted by Gasteiger charge is -2.16. The lowest BCUT2D eigenvalue weighted by molar-refractivity contribution is 0.117. The van der Waals surface area contributed by atoms with Gasteiger partial charge >= 0.3 is 0 Å². The molecular formula is C14H17FN2O3S. The molecule has 2 unspecified atom stereocenters. The summed E-state index contributed by atoms with van der Waals surface area (Å²) in [5.74, 6) is 4.40. The fourth-order valence-corrected chi connectivity index (χ4v) is 3.50. The van der Waals surface area contributed by atoms with Gasteiger partial charge in [0.2, 0.25) is 10.0 Å². The van der Waals surface area contributed by atoms with E-state index in [0.717, 1.165) is 6.07 Å². The van der Waals surface area contributed by atoms with Crippen molar-refractivity contribution in [3.63, 3.8) is 0 Å². The second-order valence-electron chi connectivity index (χ2n) is 4.74. The zero-order valence-electron chi connectivity index (χ0n) is 11.6. The van der Waals surface area contributed by atoms with Gasteiger partial charge in [-0.05, 0) is 31.5 Å². The molecule has 0 aliphatic carbocycles. The number of nitrogens with two attached hydrogens (primary N) is 1. The monoisotopic (exact) mass is 312 g/mol. The SMILES string of the molecule is CC1OCCC1NS(=O)(=O)c1ccc(C#CCN)cc1F. The van der Waals surface area contributed by atoms with Crippen molar-refractivity contribution in [2.75, 3.05) is 13.2 Å². The van der Waals surface area contributed by atoms with E-state index in [-0.39, 0.29) is 23.6 Å². The summed E-state index contributed by atoms with van der Waals surface area (Å²) < 4.78 is 46.2. The van der Waals surface area contributed by atoms with E-state index in [1.54, 1.807) is 6.92 Å². The first-order valence-electron chi connectivity index (χ1n) is 6.56. The van der Waals surface area contributed by atoms with Crippen molar-refractivity contribution in [1.29, 1.82) is 0 Å². The normalized spacial score (nSPS) is 21.9. The van der Waals surface area contributed by atoms with Gasteiger partial charge in [0.05, 0.1) is 18.7 Å². The molecule has 1 aliphatic rings. The maximum absolute atomic E-state index is 14.0. The summed E-state index contributed by atoms with van der Waals surface area (Å²) in [4.78, 5) is -0.389. The highest BCUT2D eigenvalue weighted by atomic mass is 32.2. The molecule has 1 saturated heterocycles. The zero-order chi connectivity index (χ0) is 15.5. The van der Waals surface area contributed by atoms with Crippen LogP contribution >= 0.6 is 0 Å². The van der Waals surface area contributed by atoms with E-state index in [2.05, 4.69) is 16.6 Å². The molecule has 1 aliphatic heterocycles. The molecule has 5 nitrogen and oxygen atoms in total. The fourth-order valence-electron chi connectivity index (χ4n) is 2.10. The van der Waals surface area contributed by atoms with E-state index in [9.17, 15) is 12.8 Å². The minimum Gasteiger partial charge on any atom is -0.377 e. The van der Waals surface area contributed by atoms with Gasteiger partial charge in [-0.25, -0.2) is 17.5 Å². The molecule has 1 heterocycles. The van der Waals surface area contributed by atoms with Crippen molar-refractivity contribution in [3.05, 3.63) is 29.6 Å². The van der Waals surface area contributed by atoms with Crippen LogP contribution in [0.5, 0.6) is 0 Å². The number of benzene rings is 1. The second kappa shape index (κ2) is 6.54. The molecule has 0 aromatic heterocycles. The highest BCUT2D eigenvalue weighted by molar-refractivity contribution is 7.89. The van der Waals surface area contributed by atoms with Crippen molar-refractivity contribution in [3.8, 4) is 11.8 Å². The lowest BCUT2D eigenvalue weighted by atomic mass is 10.2. The molecule has 2 rings (SSSR count). The molecule has 114 valence electrons. The number of halogens is 1. The second-order valence-corrected chi connectivity index (χ2v) is 6.43.